The smallest absolute Gasteiger partial charge is 0.238 e. The first kappa shape index (κ1) is 15.3. The normalized spacial score (nSPS) is 11.8. The zero-order valence-corrected chi connectivity index (χ0v) is 11.4. The molecule has 0 aliphatic rings. The first-order valence-electron chi connectivity index (χ1n) is 4.92. The van der Waals surface area contributed by atoms with Gasteiger partial charge in [0, 0.05) is 31.1 Å². The number of hydrogen-bond donors (Lipinski definition) is 1. The summed E-state index contributed by atoms with van der Waals surface area (Å²) in [5.74, 6) is -0.0247. The molecule has 0 saturated carbocycles. The molecular weight excluding hydrogens is 246 g/mol. The second kappa shape index (κ2) is 6.83. The molecule has 0 aliphatic carbocycles. The van der Waals surface area contributed by atoms with Crippen LogP contribution in [0.15, 0.2) is 6.20 Å². The Morgan fingerprint density at radius 3 is 2.75 bits per heavy atom. The zero-order chi connectivity index (χ0) is 11.4. The van der Waals surface area contributed by atoms with Gasteiger partial charge in [0.05, 0.1) is 11.0 Å². The number of nitrogens with two attached hydrogens (primary N) is 1. The lowest BCUT2D eigenvalue weighted by atomic mass is 10.3. The van der Waals surface area contributed by atoms with Gasteiger partial charge in [0.1, 0.15) is 0 Å². The van der Waals surface area contributed by atoms with Crippen LogP contribution >= 0.6 is 23.7 Å². The van der Waals surface area contributed by atoms with Crippen molar-refractivity contribution in [3.05, 3.63) is 16.1 Å². The number of rotatable bonds is 4. The molecule has 2 N–H and O–H groups in total. The molecule has 1 aromatic rings. The Balaban J connectivity index is 0.00000225. The summed E-state index contributed by atoms with van der Waals surface area (Å²) in [7, 11) is 1.77. The van der Waals surface area contributed by atoms with Gasteiger partial charge in [0.2, 0.25) is 5.91 Å². The van der Waals surface area contributed by atoms with E-state index in [1.165, 1.54) is 4.88 Å². The lowest BCUT2D eigenvalue weighted by Crippen LogP contribution is -2.40. The molecule has 0 saturated heterocycles. The number of likely N-dealkylation sites (N-methyl/N-ethyl adjacent to an activating group) is 1. The molecule has 0 unspecified atom stereocenters. The molecule has 0 spiro atoms. The Morgan fingerprint density at radius 2 is 2.31 bits per heavy atom. The van der Waals surface area contributed by atoms with Crippen molar-refractivity contribution in [2.75, 3.05) is 13.6 Å². The number of thiazole rings is 1. The summed E-state index contributed by atoms with van der Waals surface area (Å²) in [4.78, 5) is 18.5. The predicted molar refractivity (Wildman–Crippen MR) is 69.1 cm³/mol. The highest BCUT2D eigenvalue weighted by Gasteiger charge is 2.13. The number of carbonyl (C=O) groups is 1. The minimum Gasteiger partial charge on any atom is -0.344 e. The Bertz CT molecular complexity index is 341. The lowest BCUT2D eigenvalue weighted by molar-refractivity contribution is -0.130. The Kier molecular flexibility index (Phi) is 6.55. The van der Waals surface area contributed by atoms with Gasteiger partial charge in [-0.25, -0.2) is 4.98 Å². The van der Waals surface area contributed by atoms with E-state index >= 15 is 0 Å². The van der Waals surface area contributed by atoms with Gasteiger partial charge in [-0.3, -0.25) is 4.79 Å². The summed E-state index contributed by atoms with van der Waals surface area (Å²) in [5, 5.41) is 1.07. The third kappa shape index (κ3) is 4.47. The standard InChI is InChI=1S/C10H17N3OS.ClH/c1-7-6-12-9(15-7)4-5-13(3)10(14)8(2)11;/h6,8H,4-5,11H2,1-3H3;1H/t8-;/m1./s1. The SMILES string of the molecule is Cc1cnc(CCN(C)C(=O)[C@@H](C)N)s1.Cl. The van der Waals surface area contributed by atoms with Gasteiger partial charge >= 0.3 is 0 Å². The first-order valence-corrected chi connectivity index (χ1v) is 5.74. The van der Waals surface area contributed by atoms with Gasteiger partial charge in [0.25, 0.3) is 0 Å². The van der Waals surface area contributed by atoms with E-state index in [1.54, 1.807) is 30.2 Å². The summed E-state index contributed by atoms with van der Waals surface area (Å²) >= 11 is 1.67. The molecule has 0 aromatic carbocycles. The molecule has 1 atom stereocenters. The summed E-state index contributed by atoms with van der Waals surface area (Å²) in [6, 6.07) is -0.423. The number of nitrogens with zero attached hydrogens (tertiary/aromatic N) is 2. The zero-order valence-electron chi connectivity index (χ0n) is 9.77. The number of aryl methyl sites for hydroxylation is 1. The molecule has 4 nitrogen and oxygen atoms in total. The fraction of sp³-hybridized carbons (Fsp3) is 0.600. The number of carbonyl (C=O) groups excluding carboxylic acids is 1. The van der Waals surface area contributed by atoms with Gasteiger partial charge in [0.15, 0.2) is 0 Å². The van der Waals surface area contributed by atoms with Crippen LogP contribution in [0.3, 0.4) is 0 Å². The predicted octanol–water partition coefficient (Wildman–Crippen LogP) is 1.22. The number of aromatic nitrogens is 1. The number of halogens is 1. The summed E-state index contributed by atoms with van der Waals surface area (Å²) in [6.45, 7) is 4.40. The van der Waals surface area contributed by atoms with Crippen LogP contribution < -0.4 is 5.73 Å². The molecule has 1 amide bonds. The Hall–Kier alpha value is -0.650. The largest absolute Gasteiger partial charge is 0.344 e. The monoisotopic (exact) mass is 263 g/mol. The molecule has 0 radical (unpaired) electrons. The third-order valence-electron chi connectivity index (χ3n) is 2.10. The maximum Gasteiger partial charge on any atom is 0.238 e. The van der Waals surface area contributed by atoms with E-state index in [9.17, 15) is 4.79 Å². The van der Waals surface area contributed by atoms with Gasteiger partial charge < -0.3 is 10.6 Å². The van der Waals surface area contributed by atoms with Crippen molar-refractivity contribution < 1.29 is 4.79 Å². The molecule has 0 bridgehead atoms. The average molecular weight is 264 g/mol. The highest BCUT2D eigenvalue weighted by molar-refractivity contribution is 7.11. The second-order valence-electron chi connectivity index (χ2n) is 3.66. The van der Waals surface area contributed by atoms with Crippen LogP contribution in [0.4, 0.5) is 0 Å². The number of hydrogen-bond acceptors (Lipinski definition) is 4. The molecule has 0 fully saturated rings. The number of amides is 1. The fourth-order valence-corrected chi connectivity index (χ4v) is 2.01. The van der Waals surface area contributed by atoms with Crippen LogP contribution in [0.25, 0.3) is 0 Å². The van der Waals surface area contributed by atoms with E-state index in [4.69, 9.17) is 5.73 Å². The highest BCUT2D eigenvalue weighted by atomic mass is 35.5. The van der Waals surface area contributed by atoms with Crippen molar-refractivity contribution >= 4 is 29.7 Å². The summed E-state index contributed by atoms with van der Waals surface area (Å²) in [5.41, 5.74) is 5.51. The molecule has 16 heavy (non-hydrogen) atoms. The van der Waals surface area contributed by atoms with E-state index in [0.29, 0.717) is 6.54 Å². The van der Waals surface area contributed by atoms with Crippen LogP contribution in [0.5, 0.6) is 0 Å². The van der Waals surface area contributed by atoms with Crippen LogP contribution in [0, 0.1) is 6.92 Å². The van der Waals surface area contributed by atoms with Gasteiger partial charge in [-0.05, 0) is 13.8 Å². The van der Waals surface area contributed by atoms with E-state index in [2.05, 4.69) is 4.98 Å². The first-order chi connectivity index (χ1) is 7.00. The van der Waals surface area contributed by atoms with E-state index in [1.807, 2.05) is 13.1 Å². The highest BCUT2D eigenvalue weighted by Crippen LogP contribution is 2.11. The third-order valence-corrected chi connectivity index (χ3v) is 3.07. The van der Waals surface area contributed by atoms with E-state index < -0.39 is 6.04 Å². The average Bonchev–Trinajstić information content (AvgIpc) is 2.59. The van der Waals surface area contributed by atoms with Crippen molar-refractivity contribution in [3.8, 4) is 0 Å². The van der Waals surface area contributed by atoms with Crippen molar-refractivity contribution in [2.45, 2.75) is 26.3 Å². The van der Waals surface area contributed by atoms with Crippen LogP contribution in [-0.2, 0) is 11.2 Å². The Morgan fingerprint density at radius 1 is 1.69 bits per heavy atom. The van der Waals surface area contributed by atoms with Crippen molar-refractivity contribution in [2.24, 2.45) is 5.73 Å². The molecule has 0 aliphatic heterocycles. The molecule has 92 valence electrons. The molecule has 1 rings (SSSR count). The second-order valence-corrected chi connectivity index (χ2v) is 4.98. The van der Waals surface area contributed by atoms with Gasteiger partial charge in [-0.15, -0.1) is 23.7 Å². The minimum atomic E-state index is -0.423. The summed E-state index contributed by atoms with van der Waals surface area (Å²) in [6.07, 6.45) is 2.65. The Labute approximate surface area is 106 Å². The van der Waals surface area contributed by atoms with Crippen LogP contribution in [0.2, 0.25) is 0 Å². The van der Waals surface area contributed by atoms with Crippen LogP contribution in [0.1, 0.15) is 16.8 Å². The maximum absolute atomic E-state index is 11.5. The van der Waals surface area contributed by atoms with E-state index in [-0.39, 0.29) is 18.3 Å². The lowest BCUT2D eigenvalue weighted by Gasteiger charge is -2.18. The fourth-order valence-electron chi connectivity index (χ4n) is 1.24. The maximum atomic E-state index is 11.5. The summed E-state index contributed by atoms with van der Waals surface area (Å²) < 4.78 is 0. The van der Waals surface area contributed by atoms with Crippen molar-refractivity contribution in [1.82, 2.24) is 9.88 Å². The van der Waals surface area contributed by atoms with E-state index in [0.717, 1.165) is 11.4 Å². The quantitative estimate of drug-likeness (QED) is 0.889. The van der Waals surface area contributed by atoms with Gasteiger partial charge in [-0.1, -0.05) is 0 Å². The molecular formula is C10H18ClN3OS. The van der Waals surface area contributed by atoms with Crippen LogP contribution in [-0.4, -0.2) is 35.4 Å². The minimum absolute atomic E-state index is 0. The van der Waals surface area contributed by atoms with Crippen molar-refractivity contribution in [1.29, 1.82) is 0 Å². The topological polar surface area (TPSA) is 59.2 Å². The van der Waals surface area contributed by atoms with Gasteiger partial charge in [-0.2, -0.15) is 0 Å². The molecule has 6 heteroatoms. The van der Waals surface area contributed by atoms with Crippen molar-refractivity contribution in [3.63, 3.8) is 0 Å². The molecule has 1 aromatic heterocycles. The molecule has 1 heterocycles.